The number of nitrogens with two attached hydrogens (primary N) is 1. The molecule has 0 aliphatic heterocycles. The first-order valence-electron chi connectivity index (χ1n) is 7.63. The molecule has 3 N–H and O–H groups in total. The van der Waals surface area contributed by atoms with E-state index in [1.54, 1.807) is 0 Å². The monoisotopic (exact) mass is 432 g/mol. The number of primary amides is 1. The summed E-state index contributed by atoms with van der Waals surface area (Å²) in [5, 5.41) is 2.93. The van der Waals surface area contributed by atoms with Gasteiger partial charge in [0.1, 0.15) is 10.8 Å². The quantitative estimate of drug-likeness (QED) is 0.610. The molecule has 0 unspecified atom stereocenters. The van der Waals surface area contributed by atoms with Crippen LogP contribution in [0.15, 0.2) is 53.0 Å². The first-order valence-corrected chi connectivity index (χ1v) is 9.24. The Balaban J connectivity index is 2.05. The van der Waals surface area contributed by atoms with Crippen molar-refractivity contribution in [3.63, 3.8) is 0 Å². The van der Waals surface area contributed by atoms with Crippen molar-refractivity contribution in [2.45, 2.75) is 6.92 Å². The van der Waals surface area contributed by atoms with Gasteiger partial charge in [-0.25, -0.2) is 4.39 Å². The zero-order valence-corrected chi connectivity index (χ0v) is 16.1. The second-order valence-electron chi connectivity index (χ2n) is 5.55. The number of carbonyl (C=O) groups excluding carboxylic acids is 2. The Bertz CT molecular complexity index is 1000. The molecule has 0 fully saturated rings. The molecule has 0 bridgehead atoms. The summed E-state index contributed by atoms with van der Waals surface area (Å²) in [7, 11) is 0. The minimum atomic E-state index is -0.654. The van der Waals surface area contributed by atoms with Gasteiger partial charge in [-0.15, -0.1) is 11.3 Å². The van der Waals surface area contributed by atoms with Crippen LogP contribution in [0.2, 0.25) is 0 Å². The van der Waals surface area contributed by atoms with E-state index in [4.69, 9.17) is 5.73 Å². The molecule has 3 rings (SSSR count). The maximum absolute atomic E-state index is 14.0. The topological polar surface area (TPSA) is 72.2 Å². The fourth-order valence-electron chi connectivity index (χ4n) is 2.66. The van der Waals surface area contributed by atoms with E-state index in [1.807, 2.05) is 37.3 Å². The molecule has 26 heavy (non-hydrogen) atoms. The van der Waals surface area contributed by atoms with Crippen LogP contribution in [0.25, 0.3) is 11.1 Å². The summed E-state index contributed by atoms with van der Waals surface area (Å²) >= 11 is 4.45. The smallest absolute Gasteiger partial charge is 0.259 e. The van der Waals surface area contributed by atoms with Gasteiger partial charge in [-0.3, -0.25) is 9.59 Å². The predicted octanol–water partition coefficient (Wildman–Crippen LogP) is 4.98. The van der Waals surface area contributed by atoms with Crippen LogP contribution in [-0.4, -0.2) is 11.8 Å². The number of carbonyl (C=O) groups is 2. The van der Waals surface area contributed by atoms with Crippen molar-refractivity contribution < 1.29 is 14.0 Å². The van der Waals surface area contributed by atoms with Crippen molar-refractivity contribution in [3.05, 3.63) is 74.8 Å². The summed E-state index contributed by atoms with van der Waals surface area (Å²) in [6, 6.07) is 13.4. The summed E-state index contributed by atoms with van der Waals surface area (Å²) in [5.41, 5.74) is 7.17. The Morgan fingerprint density at radius 2 is 1.85 bits per heavy atom. The third-order valence-corrected chi connectivity index (χ3v) is 5.31. The molecule has 0 saturated heterocycles. The van der Waals surface area contributed by atoms with Crippen LogP contribution in [0.5, 0.6) is 0 Å². The average Bonchev–Trinajstić information content (AvgIpc) is 2.93. The molecular formula is C19H14BrFN2O2S. The van der Waals surface area contributed by atoms with Gasteiger partial charge in [0.15, 0.2) is 0 Å². The van der Waals surface area contributed by atoms with E-state index in [-0.39, 0.29) is 11.1 Å². The number of hydrogen-bond donors (Lipinski definition) is 2. The highest BCUT2D eigenvalue weighted by Crippen LogP contribution is 2.39. The lowest BCUT2D eigenvalue weighted by Crippen LogP contribution is -2.18. The summed E-state index contributed by atoms with van der Waals surface area (Å²) in [5.74, 6) is -1.95. The van der Waals surface area contributed by atoms with Gasteiger partial charge in [0.05, 0.1) is 11.1 Å². The third kappa shape index (κ3) is 3.54. The number of benzene rings is 2. The Hall–Kier alpha value is -2.51. The number of aryl methyl sites for hydroxylation is 1. The summed E-state index contributed by atoms with van der Waals surface area (Å²) in [4.78, 5) is 25.4. The minimum absolute atomic E-state index is 0.123. The number of thiophene rings is 1. The predicted molar refractivity (Wildman–Crippen MR) is 105 cm³/mol. The molecule has 0 saturated carbocycles. The van der Waals surface area contributed by atoms with E-state index in [0.717, 1.165) is 10.4 Å². The Labute approximate surface area is 162 Å². The summed E-state index contributed by atoms with van der Waals surface area (Å²) in [6.45, 7) is 1.84. The van der Waals surface area contributed by atoms with Crippen LogP contribution in [0.3, 0.4) is 0 Å². The van der Waals surface area contributed by atoms with Crippen LogP contribution >= 0.6 is 27.3 Å². The highest BCUT2D eigenvalue weighted by Gasteiger charge is 2.23. The van der Waals surface area contributed by atoms with Gasteiger partial charge in [0.2, 0.25) is 0 Å². The van der Waals surface area contributed by atoms with Crippen LogP contribution in [0, 0.1) is 12.7 Å². The van der Waals surface area contributed by atoms with E-state index in [1.165, 1.54) is 29.5 Å². The molecule has 2 aromatic carbocycles. The third-order valence-electron chi connectivity index (χ3n) is 3.79. The molecule has 3 aromatic rings. The molecule has 4 nitrogen and oxygen atoms in total. The number of nitrogens with one attached hydrogen (secondary N) is 1. The van der Waals surface area contributed by atoms with Crippen molar-refractivity contribution in [1.29, 1.82) is 0 Å². The fraction of sp³-hybridized carbons (Fsp3) is 0.0526. The summed E-state index contributed by atoms with van der Waals surface area (Å²) < 4.78 is 14.5. The zero-order valence-electron chi connectivity index (χ0n) is 13.7. The van der Waals surface area contributed by atoms with Crippen LogP contribution in [0.4, 0.5) is 9.39 Å². The maximum atomic E-state index is 14.0. The molecule has 132 valence electrons. The largest absolute Gasteiger partial charge is 0.365 e. The molecule has 1 heterocycles. The Morgan fingerprint density at radius 3 is 2.50 bits per heavy atom. The van der Waals surface area contributed by atoms with Crippen molar-refractivity contribution in [2.75, 3.05) is 5.32 Å². The highest BCUT2D eigenvalue weighted by molar-refractivity contribution is 9.10. The Kier molecular flexibility index (Phi) is 5.20. The molecule has 0 aliphatic rings. The fourth-order valence-corrected chi connectivity index (χ4v) is 4.10. The molecular weight excluding hydrogens is 419 g/mol. The first-order chi connectivity index (χ1) is 12.4. The minimum Gasteiger partial charge on any atom is -0.365 e. The van der Waals surface area contributed by atoms with Gasteiger partial charge in [0.25, 0.3) is 11.8 Å². The van der Waals surface area contributed by atoms with Gasteiger partial charge in [-0.2, -0.15) is 0 Å². The molecule has 0 aliphatic carbocycles. The molecule has 0 radical (unpaired) electrons. The lowest BCUT2D eigenvalue weighted by molar-refractivity contribution is 0.100. The van der Waals surface area contributed by atoms with E-state index in [2.05, 4.69) is 21.2 Å². The standard InChI is InChI=1S/C19H14BrFN2O2S/c1-10-15(11-5-3-2-4-6-11)16(17(22)24)19(26-10)23-18(25)13-9-12(20)7-8-14(13)21/h2-9H,1H3,(H2,22,24)(H,23,25). The number of rotatable bonds is 4. The van der Waals surface area contributed by atoms with Gasteiger partial charge in [-0.1, -0.05) is 46.3 Å². The molecule has 0 atom stereocenters. The van der Waals surface area contributed by atoms with E-state index in [9.17, 15) is 14.0 Å². The van der Waals surface area contributed by atoms with Gasteiger partial charge < -0.3 is 11.1 Å². The van der Waals surface area contributed by atoms with E-state index in [0.29, 0.717) is 15.0 Å². The SMILES string of the molecule is Cc1sc(NC(=O)c2cc(Br)ccc2F)c(C(N)=O)c1-c1ccccc1. The first kappa shape index (κ1) is 18.3. The summed E-state index contributed by atoms with van der Waals surface area (Å²) in [6.07, 6.45) is 0. The molecule has 0 spiro atoms. The van der Waals surface area contributed by atoms with Crippen molar-refractivity contribution in [3.8, 4) is 11.1 Å². The van der Waals surface area contributed by atoms with Gasteiger partial charge in [0, 0.05) is 14.9 Å². The molecule has 1 aromatic heterocycles. The number of anilines is 1. The second-order valence-corrected chi connectivity index (χ2v) is 7.69. The van der Waals surface area contributed by atoms with Gasteiger partial charge in [-0.05, 0) is 30.7 Å². The van der Waals surface area contributed by atoms with E-state index < -0.39 is 17.6 Å². The Morgan fingerprint density at radius 1 is 1.15 bits per heavy atom. The van der Waals surface area contributed by atoms with E-state index >= 15 is 0 Å². The second kappa shape index (κ2) is 7.39. The highest BCUT2D eigenvalue weighted by atomic mass is 79.9. The lowest BCUT2D eigenvalue weighted by atomic mass is 10.0. The maximum Gasteiger partial charge on any atom is 0.259 e. The molecule has 2 amide bonds. The average molecular weight is 433 g/mol. The van der Waals surface area contributed by atoms with Crippen LogP contribution < -0.4 is 11.1 Å². The van der Waals surface area contributed by atoms with Crippen molar-refractivity contribution in [1.82, 2.24) is 0 Å². The number of amides is 2. The zero-order chi connectivity index (χ0) is 18.8. The number of hydrogen-bond acceptors (Lipinski definition) is 3. The van der Waals surface area contributed by atoms with Crippen LogP contribution in [-0.2, 0) is 0 Å². The van der Waals surface area contributed by atoms with Gasteiger partial charge >= 0.3 is 0 Å². The lowest BCUT2D eigenvalue weighted by Gasteiger charge is -2.08. The normalized spacial score (nSPS) is 10.6. The molecule has 7 heteroatoms. The van der Waals surface area contributed by atoms with Crippen LogP contribution in [0.1, 0.15) is 25.6 Å². The van der Waals surface area contributed by atoms with Crippen molar-refractivity contribution in [2.24, 2.45) is 5.73 Å². The van der Waals surface area contributed by atoms with Crippen molar-refractivity contribution >= 4 is 44.1 Å². The number of halogens is 2.